The molecule has 0 radical (unpaired) electrons. The van der Waals surface area contributed by atoms with Crippen molar-refractivity contribution in [2.45, 2.75) is 45.1 Å². The minimum atomic E-state index is -0.311. The monoisotopic (exact) mass is 202 g/mol. The van der Waals surface area contributed by atoms with Gasteiger partial charge in [0.1, 0.15) is 0 Å². The average Bonchev–Trinajstić information content (AvgIpc) is 2.03. The van der Waals surface area contributed by atoms with Gasteiger partial charge in [-0.05, 0) is 39.7 Å². The second-order valence-electron chi connectivity index (χ2n) is 4.15. The Morgan fingerprint density at radius 3 is 2.57 bits per heavy atom. The Kier molecular flexibility index (Phi) is 6.49. The van der Waals surface area contributed by atoms with Crippen LogP contribution >= 0.6 is 0 Å². The Bertz CT molecular complexity index is 170. The van der Waals surface area contributed by atoms with E-state index in [2.05, 4.69) is 5.32 Å². The predicted octanol–water partition coefficient (Wildman–Crippen LogP) is 0.393. The Morgan fingerprint density at radius 1 is 1.43 bits per heavy atom. The number of hydrogen-bond acceptors (Lipinski definition) is 3. The fraction of sp³-hybridized carbons (Fsp3) is 0.900. The molecule has 0 aromatic carbocycles. The normalized spacial score (nSPS) is 11.4. The highest BCUT2D eigenvalue weighted by atomic mass is 16.3. The number of carbonyl (C=O) groups is 1. The molecular weight excluding hydrogens is 180 g/mol. The molecule has 84 valence electrons. The first-order valence-electron chi connectivity index (χ1n) is 5.14. The molecule has 0 aliphatic heterocycles. The summed E-state index contributed by atoms with van der Waals surface area (Å²) in [6.07, 6.45) is 2.81. The topological polar surface area (TPSA) is 75.3 Å². The summed E-state index contributed by atoms with van der Waals surface area (Å²) in [5.41, 5.74) is 5.01. The minimum Gasteiger partial charge on any atom is -0.396 e. The van der Waals surface area contributed by atoms with Gasteiger partial charge in [-0.25, -0.2) is 0 Å². The van der Waals surface area contributed by atoms with E-state index in [1.54, 1.807) is 0 Å². The maximum atomic E-state index is 11.4. The molecule has 4 N–H and O–H groups in total. The largest absolute Gasteiger partial charge is 0.396 e. The van der Waals surface area contributed by atoms with Crippen LogP contribution in [0, 0.1) is 0 Å². The maximum absolute atomic E-state index is 11.4. The summed E-state index contributed by atoms with van der Waals surface area (Å²) in [6.45, 7) is 4.54. The summed E-state index contributed by atoms with van der Waals surface area (Å²) < 4.78 is 0. The molecule has 0 aromatic rings. The van der Waals surface area contributed by atoms with Crippen molar-refractivity contribution in [3.8, 4) is 0 Å². The van der Waals surface area contributed by atoms with Crippen LogP contribution in [0.3, 0.4) is 0 Å². The van der Waals surface area contributed by atoms with Crippen molar-refractivity contribution in [2.24, 2.45) is 5.73 Å². The molecule has 0 aliphatic rings. The molecule has 0 aromatic heterocycles. The van der Waals surface area contributed by atoms with Crippen LogP contribution < -0.4 is 11.1 Å². The van der Waals surface area contributed by atoms with Crippen LogP contribution in [0.4, 0.5) is 0 Å². The van der Waals surface area contributed by atoms with E-state index in [4.69, 9.17) is 10.8 Å². The van der Waals surface area contributed by atoms with E-state index in [1.165, 1.54) is 0 Å². The summed E-state index contributed by atoms with van der Waals surface area (Å²) in [4.78, 5) is 11.4. The summed E-state index contributed by atoms with van der Waals surface area (Å²) in [5, 5.41) is 11.6. The number of aliphatic hydroxyl groups excluding tert-OH is 1. The molecular formula is C10H22N2O2. The first kappa shape index (κ1) is 13.4. The van der Waals surface area contributed by atoms with Crippen molar-refractivity contribution in [2.75, 3.05) is 13.2 Å². The fourth-order valence-electron chi connectivity index (χ4n) is 1.21. The Morgan fingerprint density at radius 2 is 2.07 bits per heavy atom. The molecule has 1 amide bonds. The van der Waals surface area contributed by atoms with Crippen molar-refractivity contribution in [1.29, 1.82) is 0 Å². The Hall–Kier alpha value is -0.610. The van der Waals surface area contributed by atoms with Gasteiger partial charge in [-0.2, -0.15) is 0 Å². The lowest BCUT2D eigenvalue weighted by molar-refractivity contribution is -0.122. The molecule has 0 atom stereocenters. The number of amides is 1. The van der Waals surface area contributed by atoms with Crippen LogP contribution in [0.15, 0.2) is 0 Å². The van der Waals surface area contributed by atoms with Crippen LogP contribution in [0.25, 0.3) is 0 Å². The predicted molar refractivity (Wildman–Crippen MR) is 56.8 cm³/mol. The van der Waals surface area contributed by atoms with Gasteiger partial charge in [-0.15, -0.1) is 0 Å². The number of rotatable bonds is 7. The van der Waals surface area contributed by atoms with E-state index >= 15 is 0 Å². The van der Waals surface area contributed by atoms with Crippen molar-refractivity contribution < 1.29 is 9.90 Å². The molecule has 0 saturated heterocycles. The van der Waals surface area contributed by atoms with Gasteiger partial charge in [-0.3, -0.25) is 4.79 Å². The van der Waals surface area contributed by atoms with Crippen molar-refractivity contribution in [1.82, 2.24) is 5.32 Å². The van der Waals surface area contributed by atoms with E-state index in [-0.39, 0.29) is 18.1 Å². The number of hydrogen-bond donors (Lipinski definition) is 3. The third-order valence-electron chi connectivity index (χ3n) is 2.07. The number of unbranched alkanes of at least 4 members (excludes halogenated alkanes) is 1. The van der Waals surface area contributed by atoms with Gasteiger partial charge in [0.05, 0.1) is 0 Å². The van der Waals surface area contributed by atoms with Crippen LogP contribution in [-0.4, -0.2) is 29.7 Å². The molecule has 0 heterocycles. The van der Waals surface area contributed by atoms with Crippen LogP contribution in [0.5, 0.6) is 0 Å². The molecule has 0 spiro atoms. The van der Waals surface area contributed by atoms with Crippen LogP contribution in [0.2, 0.25) is 0 Å². The average molecular weight is 202 g/mol. The highest BCUT2D eigenvalue weighted by molar-refractivity contribution is 5.76. The number of nitrogens with two attached hydrogens (primary N) is 1. The molecule has 0 saturated carbocycles. The number of carbonyl (C=O) groups excluding carboxylic acids is 1. The smallest absolute Gasteiger partial charge is 0.220 e. The van der Waals surface area contributed by atoms with E-state index in [1.807, 2.05) is 13.8 Å². The van der Waals surface area contributed by atoms with Gasteiger partial charge >= 0.3 is 0 Å². The highest BCUT2D eigenvalue weighted by Gasteiger charge is 2.18. The lowest BCUT2D eigenvalue weighted by Gasteiger charge is -2.25. The van der Waals surface area contributed by atoms with Gasteiger partial charge in [0.2, 0.25) is 5.91 Å². The van der Waals surface area contributed by atoms with E-state index < -0.39 is 0 Å². The van der Waals surface area contributed by atoms with Crippen molar-refractivity contribution >= 4 is 5.91 Å². The second-order valence-corrected chi connectivity index (χ2v) is 4.15. The maximum Gasteiger partial charge on any atom is 0.220 e. The summed E-state index contributed by atoms with van der Waals surface area (Å²) in [5.74, 6) is 0.0388. The lowest BCUT2D eigenvalue weighted by Crippen LogP contribution is -2.43. The van der Waals surface area contributed by atoms with Gasteiger partial charge in [0.25, 0.3) is 0 Å². The Labute approximate surface area is 85.9 Å². The molecule has 0 aliphatic carbocycles. The minimum absolute atomic E-state index is 0.0388. The molecule has 0 rings (SSSR count). The SMILES string of the molecule is CC(C)(CCO)NC(=O)CCCCN. The van der Waals surface area contributed by atoms with Gasteiger partial charge in [-0.1, -0.05) is 0 Å². The third kappa shape index (κ3) is 6.86. The van der Waals surface area contributed by atoms with Crippen LogP contribution in [0.1, 0.15) is 39.5 Å². The van der Waals surface area contributed by atoms with Crippen molar-refractivity contribution in [3.63, 3.8) is 0 Å². The first-order chi connectivity index (χ1) is 6.52. The molecule has 4 nitrogen and oxygen atoms in total. The van der Waals surface area contributed by atoms with E-state index in [9.17, 15) is 4.79 Å². The standard InChI is InChI=1S/C10H22N2O2/c1-10(2,6-8-13)12-9(14)5-3-4-7-11/h13H,3-8,11H2,1-2H3,(H,12,14). The molecule has 0 bridgehead atoms. The molecule has 0 unspecified atom stereocenters. The van der Waals surface area contributed by atoms with E-state index in [0.29, 0.717) is 19.4 Å². The third-order valence-corrected chi connectivity index (χ3v) is 2.07. The summed E-state index contributed by atoms with van der Waals surface area (Å²) in [6, 6.07) is 0. The Balaban J connectivity index is 3.69. The van der Waals surface area contributed by atoms with Gasteiger partial charge in [0, 0.05) is 18.6 Å². The fourth-order valence-corrected chi connectivity index (χ4v) is 1.21. The van der Waals surface area contributed by atoms with E-state index in [0.717, 1.165) is 12.8 Å². The first-order valence-corrected chi connectivity index (χ1v) is 5.14. The van der Waals surface area contributed by atoms with Gasteiger partial charge in [0.15, 0.2) is 0 Å². The number of aliphatic hydroxyl groups is 1. The summed E-state index contributed by atoms with van der Waals surface area (Å²) >= 11 is 0. The molecule has 14 heavy (non-hydrogen) atoms. The second kappa shape index (κ2) is 6.79. The zero-order valence-corrected chi connectivity index (χ0v) is 9.18. The molecule has 0 fully saturated rings. The lowest BCUT2D eigenvalue weighted by atomic mass is 10.0. The number of nitrogens with one attached hydrogen (secondary N) is 1. The highest BCUT2D eigenvalue weighted by Crippen LogP contribution is 2.08. The quantitative estimate of drug-likeness (QED) is 0.523. The van der Waals surface area contributed by atoms with Crippen LogP contribution in [-0.2, 0) is 4.79 Å². The summed E-state index contributed by atoms with van der Waals surface area (Å²) in [7, 11) is 0. The zero-order valence-electron chi connectivity index (χ0n) is 9.18. The van der Waals surface area contributed by atoms with Crippen molar-refractivity contribution in [3.05, 3.63) is 0 Å². The zero-order chi connectivity index (χ0) is 11.0. The molecule has 4 heteroatoms. The van der Waals surface area contributed by atoms with Gasteiger partial charge < -0.3 is 16.2 Å².